The van der Waals surface area contributed by atoms with Crippen LogP contribution < -0.4 is 10.2 Å². The number of hydrogen-bond acceptors (Lipinski definition) is 3. The van der Waals surface area contributed by atoms with Gasteiger partial charge in [-0.05, 0) is 45.4 Å². The van der Waals surface area contributed by atoms with Crippen molar-refractivity contribution in [2.45, 2.75) is 32.2 Å². The van der Waals surface area contributed by atoms with Crippen LogP contribution in [0.3, 0.4) is 0 Å². The molecule has 0 aliphatic carbocycles. The van der Waals surface area contributed by atoms with Gasteiger partial charge in [-0.1, -0.05) is 6.08 Å². The minimum atomic E-state index is 0.374. The van der Waals surface area contributed by atoms with Crippen LogP contribution in [0.15, 0.2) is 22.6 Å². The zero-order chi connectivity index (χ0) is 12.1. The van der Waals surface area contributed by atoms with Crippen molar-refractivity contribution < 1.29 is 4.42 Å². The summed E-state index contributed by atoms with van der Waals surface area (Å²) in [6.07, 6.45) is 8.06. The molecule has 1 aromatic heterocycles. The second-order valence-corrected chi connectivity index (χ2v) is 4.66. The van der Waals surface area contributed by atoms with Crippen LogP contribution in [0.25, 0.3) is 6.08 Å². The van der Waals surface area contributed by atoms with Crippen LogP contribution >= 0.6 is 0 Å². The van der Waals surface area contributed by atoms with Gasteiger partial charge in [0, 0.05) is 25.2 Å². The summed E-state index contributed by atoms with van der Waals surface area (Å²) in [5.41, 5.74) is 0. The maximum atomic E-state index is 5.83. The van der Waals surface area contributed by atoms with E-state index in [9.17, 15) is 0 Å². The molecule has 1 aliphatic rings. The van der Waals surface area contributed by atoms with E-state index in [2.05, 4.69) is 29.3 Å². The SMILES string of the molecule is CNC(C)/C=C/c1ccc(N2CCCCC2)o1. The van der Waals surface area contributed by atoms with Crippen molar-refractivity contribution in [3.8, 4) is 0 Å². The summed E-state index contributed by atoms with van der Waals surface area (Å²) < 4.78 is 5.83. The standard InChI is InChI=1S/C14H22N2O/c1-12(15-2)6-7-13-8-9-14(17-13)16-10-4-3-5-11-16/h6-9,12,15H,3-5,10-11H2,1-2H3/b7-6+. The van der Waals surface area contributed by atoms with Gasteiger partial charge in [-0.3, -0.25) is 0 Å². The number of likely N-dealkylation sites (N-methyl/N-ethyl adjacent to an activating group) is 1. The normalized spacial score (nSPS) is 18.8. The van der Waals surface area contributed by atoms with Crippen molar-refractivity contribution >= 4 is 12.0 Å². The molecule has 1 atom stereocenters. The molecule has 1 unspecified atom stereocenters. The molecule has 0 amide bonds. The Balaban J connectivity index is 1.97. The zero-order valence-electron chi connectivity index (χ0n) is 10.8. The van der Waals surface area contributed by atoms with Crippen molar-refractivity contribution in [2.75, 3.05) is 25.0 Å². The van der Waals surface area contributed by atoms with Crippen molar-refractivity contribution in [3.05, 3.63) is 24.0 Å². The molecule has 1 N–H and O–H groups in total. The van der Waals surface area contributed by atoms with Gasteiger partial charge in [0.05, 0.1) is 0 Å². The van der Waals surface area contributed by atoms with Gasteiger partial charge in [-0.2, -0.15) is 0 Å². The van der Waals surface area contributed by atoms with Gasteiger partial charge in [0.15, 0.2) is 5.88 Å². The first-order valence-corrected chi connectivity index (χ1v) is 6.50. The molecule has 1 aliphatic heterocycles. The van der Waals surface area contributed by atoms with E-state index in [1.165, 1.54) is 19.3 Å². The number of hydrogen-bond donors (Lipinski definition) is 1. The van der Waals surface area contributed by atoms with Crippen LogP contribution in [0.4, 0.5) is 5.88 Å². The zero-order valence-corrected chi connectivity index (χ0v) is 10.8. The van der Waals surface area contributed by atoms with Crippen LogP contribution in [-0.2, 0) is 0 Å². The lowest BCUT2D eigenvalue weighted by molar-refractivity contribution is 0.495. The third kappa shape index (κ3) is 3.37. The Kier molecular flexibility index (Phi) is 4.26. The van der Waals surface area contributed by atoms with Gasteiger partial charge in [-0.15, -0.1) is 0 Å². The minimum Gasteiger partial charge on any atom is -0.441 e. The molecule has 3 heteroatoms. The Bertz CT molecular complexity index is 364. The molecule has 1 saturated heterocycles. The number of piperidine rings is 1. The number of nitrogens with zero attached hydrogens (tertiary/aromatic N) is 1. The molecule has 94 valence electrons. The van der Waals surface area contributed by atoms with Crippen LogP contribution in [0.5, 0.6) is 0 Å². The molecule has 2 heterocycles. The van der Waals surface area contributed by atoms with E-state index in [1.54, 1.807) is 0 Å². The van der Waals surface area contributed by atoms with Gasteiger partial charge in [-0.25, -0.2) is 0 Å². The van der Waals surface area contributed by atoms with E-state index in [4.69, 9.17) is 4.42 Å². The lowest BCUT2D eigenvalue weighted by atomic mass is 10.1. The van der Waals surface area contributed by atoms with Crippen molar-refractivity contribution in [2.24, 2.45) is 0 Å². The molecule has 0 radical (unpaired) electrons. The average Bonchev–Trinajstić information content (AvgIpc) is 2.86. The number of rotatable bonds is 4. The lowest BCUT2D eigenvalue weighted by Crippen LogP contribution is -2.28. The van der Waals surface area contributed by atoms with Gasteiger partial charge >= 0.3 is 0 Å². The number of furan rings is 1. The third-order valence-corrected chi connectivity index (χ3v) is 3.28. The molecule has 0 saturated carbocycles. The van der Waals surface area contributed by atoms with Crippen molar-refractivity contribution in [1.29, 1.82) is 0 Å². The Morgan fingerprint density at radius 2 is 2.06 bits per heavy atom. The first-order valence-electron chi connectivity index (χ1n) is 6.50. The Morgan fingerprint density at radius 1 is 1.29 bits per heavy atom. The first kappa shape index (κ1) is 12.2. The summed E-state index contributed by atoms with van der Waals surface area (Å²) in [6, 6.07) is 4.50. The molecule has 17 heavy (non-hydrogen) atoms. The van der Waals surface area contributed by atoms with E-state index >= 15 is 0 Å². The highest BCUT2D eigenvalue weighted by molar-refractivity contribution is 5.49. The van der Waals surface area contributed by atoms with Gasteiger partial charge in [0.25, 0.3) is 0 Å². The molecule has 0 aromatic carbocycles. The first-order chi connectivity index (χ1) is 8.29. The summed E-state index contributed by atoms with van der Waals surface area (Å²) in [4.78, 5) is 2.34. The van der Waals surface area contributed by atoms with Crippen molar-refractivity contribution in [1.82, 2.24) is 5.32 Å². The summed E-state index contributed by atoms with van der Waals surface area (Å²) >= 11 is 0. The monoisotopic (exact) mass is 234 g/mol. The summed E-state index contributed by atoms with van der Waals surface area (Å²) in [5, 5.41) is 3.17. The molecular formula is C14H22N2O. The quantitative estimate of drug-likeness (QED) is 0.868. The fraction of sp³-hybridized carbons (Fsp3) is 0.571. The maximum absolute atomic E-state index is 5.83. The van der Waals surface area contributed by atoms with Crippen molar-refractivity contribution in [3.63, 3.8) is 0 Å². The summed E-state index contributed by atoms with van der Waals surface area (Å²) in [6.45, 7) is 4.37. The molecule has 2 rings (SSSR count). The van der Waals surface area contributed by atoms with Crippen LogP contribution in [-0.4, -0.2) is 26.2 Å². The highest BCUT2D eigenvalue weighted by Crippen LogP contribution is 2.23. The predicted octanol–water partition coefficient (Wildman–Crippen LogP) is 2.89. The highest BCUT2D eigenvalue weighted by atomic mass is 16.4. The van der Waals surface area contributed by atoms with E-state index < -0.39 is 0 Å². The summed E-state index contributed by atoms with van der Waals surface area (Å²) in [5.74, 6) is 1.95. The second kappa shape index (κ2) is 5.92. The largest absolute Gasteiger partial charge is 0.441 e. The second-order valence-electron chi connectivity index (χ2n) is 4.66. The summed E-state index contributed by atoms with van der Waals surface area (Å²) in [7, 11) is 1.95. The van der Waals surface area contributed by atoms with Crippen LogP contribution in [0.1, 0.15) is 31.9 Å². The molecule has 1 aromatic rings. The Morgan fingerprint density at radius 3 is 2.76 bits per heavy atom. The van der Waals surface area contributed by atoms with Gasteiger partial charge < -0.3 is 14.6 Å². The minimum absolute atomic E-state index is 0.374. The molecule has 0 spiro atoms. The topological polar surface area (TPSA) is 28.4 Å². The lowest BCUT2D eigenvalue weighted by Gasteiger charge is -2.25. The van der Waals surface area contributed by atoms with E-state index in [1.807, 2.05) is 19.2 Å². The predicted molar refractivity (Wildman–Crippen MR) is 72.3 cm³/mol. The Hall–Kier alpha value is -1.22. The average molecular weight is 234 g/mol. The maximum Gasteiger partial charge on any atom is 0.196 e. The molecule has 0 bridgehead atoms. The smallest absolute Gasteiger partial charge is 0.196 e. The molecule has 3 nitrogen and oxygen atoms in total. The van der Waals surface area contributed by atoms with Gasteiger partial charge in [0.1, 0.15) is 5.76 Å². The Labute approximate surface area is 103 Å². The highest BCUT2D eigenvalue weighted by Gasteiger charge is 2.13. The van der Waals surface area contributed by atoms with Gasteiger partial charge in [0.2, 0.25) is 0 Å². The van der Waals surface area contributed by atoms with Crippen LogP contribution in [0, 0.1) is 0 Å². The van der Waals surface area contributed by atoms with E-state index in [-0.39, 0.29) is 0 Å². The van der Waals surface area contributed by atoms with Crippen LogP contribution in [0.2, 0.25) is 0 Å². The third-order valence-electron chi connectivity index (χ3n) is 3.28. The molecular weight excluding hydrogens is 212 g/mol. The molecule has 1 fully saturated rings. The number of nitrogens with one attached hydrogen (secondary N) is 1. The number of anilines is 1. The fourth-order valence-electron chi connectivity index (χ4n) is 2.05. The van der Waals surface area contributed by atoms with E-state index in [0.29, 0.717) is 6.04 Å². The fourth-order valence-corrected chi connectivity index (χ4v) is 2.05. The van der Waals surface area contributed by atoms with E-state index in [0.717, 1.165) is 24.7 Å².